The SMILES string of the molecule is COCCNC(=O)CNCC(C)(C)CCCO. The van der Waals surface area contributed by atoms with Crippen LogP contribution in [0.25, 0.3) is 0 Å². The van der Waals surface area contributed by atoms with E-state index in [1.807, 2.05) is 0 Å². The summed E-state index contributed by atoms with van der Waals surface area (Å²) in [7, 11) is 1.61. The van der Waals surface area contributed by atoms with Gasteiger partial charge in [-0.1, -0.05) is 13.8 Å². The summed E-state index contributed by atoms with van der Waals surface area (Å²) in [6, 6.07) is 0. The maximum Gasteiger partial charge on any atom is 0.234 e. The highest BCUT2D eigenvalue weighted by molar-refractivity contribution is 5.77. The second-order valence-corrected chi connectivity index (χ2v) is 4.94. The number of carbonyl (C=O) groups excluding carboxylic acids is 1. The Morgan fingerprint density at radius 2 is 2.12 bits per heavy atom. The third-order valence-corrected chi connectivity index (χ3v) is 2.53. The molecule has 0 rings (SSSR count). The Morgan fingerprint density at radius 1 is 1.41 bits per heavy atom. The Labute approximate surface area is 104 Å². The van der Waals surface area contributed by atoms with E-state index in [2.05, 4.69) is 24.5 Å². The minimum Gasteiger partial charge on any atom is -0.396 e. The molecule has 0 aromatic heterocycles. The minimum absolute atomic E-state index is 0.0139. The molecule has 0 bridgehead atoms. The van der Waals surface area contributed by atoms with Gasteiger partial charge < -0.3 is 20.5 Å². The van der Waals surface area contributed by atoms with Crippen LogP contribution in [0.5, 0.6) is 0 Å². The quantitative estimate of drug-likeness (QED) is 0.479. The van der Waals surface area contributed by atoms with E-state index in [9.17, 15) is 4.79 Å². The van der Waals surface area contributed by atoms with Gasteiger partial charge in [0.05, 0.1) is 13.2 Å². The molecule has 102 valence electrons. The van der Waals surface area contributed by atoms with Crippen molar-refractivity contribution in [3.05, 3.63) is 0 Å². The number of ether oxygens (including phenoxy) is 1. The predicted molar refractivity (Wildman–Crippen MR) is 67.9 cm³/mol. The molecule has 0 heterocycles. The molecule has 17 heavy (non-hydrogen) atoms. The van der Waals surface area contributed by atoms with Gasteiger partial charge in [0.1, 0.15) is 0 Å². The van der Waals surface area contributed by atoms with E-state index in [4.69, 9.17) is 9.84 Å². The zero-order chi connectivity index (χ0) is 13.1. The number of amides is 1. The zero-order valence-electron chi connectivity index (χ0n) is 11.2. The molecule has 0 radical (unpaired) electrons. The fourth-order valence-electron chi connectivity index (χ4n) is 1.52. The van der Waals surface area contributed by atoms with Crippen LogP contribution in [0.2, 0.25) is 0 Å². The lowest BCUT2D eigenvalue weighted by molar-refractivity contribution is -0.120. The van der Waals surface area contributed by atoms with Gasteiger partial charge in [-0.25, -0.2) is 0 Å². The lowest BCUT2D eigenvalue weighted by Gasteiger charge is -2.24. The van der Waals surface area contributed by atoms with Crippen LogP contribution in [0.3, 0.4) is 0 Å². The number of carbonyl (C=O) groups is 1. The van der Waals surface area contributed by atoms with E-state index in [1.54, 1.807) is 7.11 Å². The van der Waals surface area contributed by atoms with Crippen LogP contribution in [-0.2, 0) is 9.53 Å². The summed E-state index contributed by atoms with van der Waals surface area (Å²) >= 11 is 0. The molecule has 0 unspecified atom stereocenters. The van der Waals surface area contributed by atoms with Gasteiger partial charge in [0, 0.05) is 26.8 Å². The summed E-state index contributed by atoms with van der Waals surface area (Å²) < 4.78 is 4.84. The van der Waals surface area contributed by atoms with Gasteiger partial charge in [-0.2, -0.15) is 0 Å². The molecule has 0 aromatic rings. The highest BCUT2D eigenvalue weighted by Crippen LogP contribution is 2.20. The predicted octanol–water partition coefficient (Wildman–Crippen LogP) is 0.137. The molecule has 0 aliphatic carbocycles. The average Bonchev–Trinajstić information content (AvgIpc) is 2.26. The minimum atomic E-state index is -0.0139. The maximum absolute atomic E-state index is 11.3. The fourth-order valence-corrected chi connectivity index (χ4v) is 1.52. The second kappa shape index (κ2) is 9.39. The molecule has 0 aliphatic rings. The Hall–Kier alpha value is -0.650. The van der Waals surface area contributed by atoms with Crippen LogP contribution in [0.15, 0.2) is 0 Å². The first kappa shape index (κ1) is 16.4. The van der Waals surface area contributed by atoms with Gasteiger partial charge in [0.2, 0.25) is 5.91 Å². The Kier molecular flexibility index (Phi) is 9.03. The third-order valence-electron chi connectivity index (χ3n) is 2.53. The highest BCUT2D eigenvalue weighted by atomic mass is 16.5. The normalized spacial score (nSPS) is 11.5. The first-order chi connectivity index (χ1) is 8.02. The number of nitrogens with one attached hydrogen (secondary N) is 2. The molecule has 3 N–H and O–H groups in total. The van der Waals surface area contributed by atoms with Gasteiger partial charge in [-0.15, -0.1) is 0 Å². The van der Waals surface area contributed by atoms with Crippen molar-refractivity contribution >= 4 is 5.91 Å². The van der Waals surface area contributed by atoms with E-state index in [-0.39, 0.29) is 17.9 Å². The van der Waals surface area contributed by atoms with Gasteiger partial charge in [0.15, 0.2) is 0 Å². The van der Waals surface area contributed by atoms with Crippen LogP contribution < -0.4 is 10.6 Å². The second-order valence-electron chi connectivity index (χ2n) is 4.94. The van der Waals surface area contributed by atoms with Crippen molar-refractivity contribution in [3.8, 4) is 0 Å². The van der Waals surface area contributed by atoms with Crippen molar-refractivity contribution in [3.63, 3.8) is 0 Å². The molecule has 0 aromatic carbocycles. The van der Waals surface area contributed by atoms with E-state index >= 15 is 0 Å². The molecular formula is C12H26N2O3. The summed E-state index contributed by atoms with van der Waals surface area (Å²) in [6.45, 7) is 6.65. The molecule has 0 fully saturated rings. The van der Waals surface area contributed by atoms with E-state index in [1.165, 1.54) is 0 Å². The molecule has 0 aliphatic heterocycles. The summed E-state index contributed by atoms with van der Waals surface area (Å²) in [5.41, 5.74) is 0.107. The van der Waals surface area contributed by atoms with Crippen molar-refractivity contribution in [1.82, 2.24) is 10.6 Å². The molecule has 0 saturated heterocycles. The Balaban J connectivity index is 3.57. The van der Waals surface area contributed by atoms with Crippen molar-refractivity contribution in [2.24, 2.45) is 5.41 Å². The number of methoxy groups -OCH3 is 1. The molecule has 0 spiro atoms. The fraction of sp³-hybridized carbons (Fsp3) is 0.917. The first-order valence-electron chi connectivity index (χ1n) is 6.09. The highest BCUT2D eigenvalue weighted by Gasteiger charge is 2.16. The van der Waals surface area contributed by atoms with Crippen molar-refractivity contribution in [2.45, 2.75) is 26.7 Å². The monoisotopic (exact) mass is 246 g/mol. The summed E-state index contributed by atoms with van der Waals surface area (Å²) in [5, 5.41) is 14.6. The lowest BCUT2D eigenvalue weighted by atomic mass is 9.88. The number of hydrogen-bond acceptors (Lipinski definition) is 4. The molecule has 1 amide bonds. The summed E-state index contributed by atoms with van der Waals surface area (Å²) in [5.74, 6) is -0.0139. The number of rotatable bonds is 10. The van der Waals surface area contributed by atoms with Gasteiger partial charge >= 0.3 is 0 Å². The van der Waals surface area contributed by atoms with Crippen molar-refractivity contribution in [2.75, 3.05) is 40.0 Å². The molecule has 0 saturated carbocycles. The molecule has 5 nitrogen and oxygen atoms in total. The maximum atomic E-state index is 11.3. The molecule has 5 heteroatoms. The van der Waals surface area contributed by atoms with Crippen LogP contribution in [0.1, 0.15) is 26.7 Å². The van der Waals surface area contributed by atoms with Crippen LogP contribution in [-0.4, -0.2) is 51.0 Å². The van der Waals surface area contributed by atoms with E-state index < -0.39 is 0 Å². The smallest absolute Gasteiger partial charge is 0.234 e. The van der Waals surface area contributed by atoms with Crippen molar-refractivity contribution in [1.29, 1.82) is 0 Å². The third kappa shape index (κ3) is 10.2. The van der Waals surface area contributed by atoms with Gasteiger partial charge in [-0.05, 0) is 18.3 Å². The van der Waals surface area contributed by atoms with Gasteiger partial charge in [0.25, 0.3) is 0 Å². The Bertz CT molecular complexity index is 208. The van der Waals surface area contributed by atoms with E-state index in [0.717, 1.165) is 19.4 Å². The largest absolute Gasteiger partial charge is 0.396 e. The first-order valence-corrected chi connectivity index (χ1v) is 6.09. The zero-order valence-corrected chi connectivity index (χ0v) is 11.2. The van der Waals surface area contributed by atoms with Crippen molar-refractivity contribution < 1.29 is 14.6 Å². The van der Waals surface area contributed by atoms with E-state index in [0.29, 0.717) is 19.7 Å². The molecule has 0 atom stereocenters. The average molecular weight is 246 g/mol. The Morgan fingerprint density at radius 3 is 2.71 bits per heavy atom. The number of aliphatic hydroxyl groups excluding tert-OH is 1. The summed E-state index contributed by atoms with van der Waals surface area (Å²) in [6.07, 6.45) is 1.75. The van der Waals surface area contributed by atoms with Crippen LogP contribution in [0, 0.1) is 5.41 Å². The number of aliphatic hydroxyl groups is 1. The number of hydrogen-bond donors (Lipinski definition) is 3. The summed E-state index contributed by atoms with van der Waals surface area (Å²) in [4.78, 5) is 11.3. The molecular weight excluding hydrogens is 220 g/mol. The lowest BCUT2D eigenvalue weighted by Crippen LogP contribution is -2.39. The van der Waals surface area contributed by atoms with Crippen LogP contribution in [0.4, 0.5) is 0 Å². The van der Waals surface area contributed by atoms with Gasteiger partial charge in [-0.3, -0.25) is 4.79 Å². The standard InChI is InChI=1S/C12H26N2O3/c1-12(2,5-4-7-15)10-13-9-11(16)14-6-8-17-3/h13,15H,4-10H2,1-3H3,(H,14,16). The topological polar surface area (TPSA) is 70.6 Å². The van der Waals surface area contributed by atoms with Crippen LogP contribution >= 0.6 is 0 Å².